The number of carbonyl (C=O) groups excluding carboxylic acids is 1. The van der Waals surface area contributed by atoms with E-state index in [-0.39, 0.29) is 17.2 Å². The fourth-order valence-electron chi connectivity index (χ4n) is 2.74. The average molecular weight is 319 g/mol. The molecule has 0 bridgehead atoms. The van der Waals surface area contributed by atoms with Crippen LogP contribution in [0.1, 0.15) is 23.3 Å². The van der Waals surface area contributed by atoms with Crippen LogP contribution in [0.25, 0.3) is 16.5 Å². The van der Waals surface area contributed by atoms with E-state index in [4.69, 9.17) is 0 Å². The van der Waals surface area contributed by atoms with E-state index in [2.05, 4.69) is 10.4 Å². The summed E-state index contributed by atoms with van der Waals surface area (Å²) in [5.41, 5.74) is 0.703. The maximum absolute atomic E-state index is 12.7. The molecule has 5 nitrogen and oxygen atoms in total. The Morgan fingerprint density at radius 3 is 2.42 bits per heavy atom. The summed E-state index contributed by atoms with van der Waals surface area (Å²) < 4.78 is 1.30. The van der Waals surface area contributed by atoms with Crippen LogP contribution >= 0.6 is 0 Å². The van der Waals surface area contributed by atoms with Crippen molar-refractivity contribution in [1.82, 2.24) is 15.1 Å². The molecule has 24 heavy (non-hydrogen) atoms. The molecule has 0 spiro atoms. The van der Waals surface area contributed by atoms with Crippen molar-refractivity contribution in [1.29, 1.82) is 0 Å². The van der Waals surface area contributed by atoms with Crippen LogP contribution in [0.15, 0.2) is 59.4 Å². The number of para-hydroxylation sites is 1. The second-order valence-electron chi connectivity index (χ2n) is 6.10. The largest absolute Gasteiger partial charge is 0.350 e. The van der Waals surface area contributed by atoms with Crippen LogP contribution < -0.4 is 10.9 Å². The quantitative estimate of drug-likeness (QED) is 0.804. The molecule has 0 aliphatic heterocycles. The molecule has 1 heterocycles. The molecule has 2 aromatic carbocycles. The maximum Gasteiger partial charge on any atom is 0.279 e. The van der Waals surface area contributed by atoms with Crippen molar-refractivity contribution in [2.75, 3.05) is 6.54 Å². The zero-order valence-corrected chi connectivity index (χ0v) is 13.1. The van der Waals surface area contributed by atoms with Crippen LogP contribution in [0.2, 0.25) is 0 Å². The number of rotatable bonds is 4. The highest BCUT2D eigenvalue weighted by molar-refractivity contribution is 6.04. The lowest BCUT2D eigenvalue weighted by Crippen LogP contribution is -2.31. The highest BCUT2D eigenvalue weighted by Gasteiger charge is 2.23. The minimum absolute atomic E-state index is 0.226. The van der Waals surface area contributed by atoms with Gasteiger partial charge >= 0.3 is 0 Å². The highest BCUT2D eigenvalue weighted by Crippen LogP contribution is 2.27. The molecule has 1 amide bonds. The Balaban J connectivity index is 1.86. The molecule has 0 radical (unpaired) electrons. The topological polar surface area (TPSA) is 64.0 Å². The van der Waals surface area contributed by atoms with Gasteiger partial charge in [-0.3, -0.25) is 9.59 Å². The number of hydrogen-bond donors (Lipinski definition) is 1. The Hall–Kier alpha value is -2.95. The highest BCUT2D eigenvalue weighted by atomic mass is 16.2. The number of benzene rings is 2. The van der Waals surface area contributed by atoms with Gasteiger partial charge in [-0.15, -0.1) is 0 Å². The van der Waals surface area contributed by atoms with Crippen LogP contribution in [-0.2, 0) is 0 Å². The Morgan fingerprint density at radius 2 is 1.71 bits per heavy atom. The third kappa shape index (κ3) is 2.69. The molecule has 1 aliphatic rings. The maximum atomic E-state index is 12.7. The van der Waals surface area contributed by atoms with Crippen molar-refractivity contribution in [3.63, 3.8) is 0 Å². The van der Waals surface area contributed by atoms with Gasteiger partial charge in [0, 0.05) is 11.9 Å². The number of amides is 1. The fourth-order valence-corrected chi connectivity index (χ4v) is 2.74. The Bertz CT molecular complexity index is 959. The van der Waals surface area contributed by atoms with Crippen molar-refractivity contribution in [3.8, 4) is 5.69 Å². The number of fused-ring (bicyclic) bond motifs is 1. The SMILES string of the molecule is O=C(NCC1CC1)c1nn(-c2ccccc2)c(=O)c2ccccc12. The van der Waals surface area contributed by atoms with E-state index >= 15 is 0 Å². The van der Waals surface area contributed by atoms with E-state index in [9.17, 15) is 9.59 Å². The second-order valence-corrected chi connectivity index (χ2v) is 6.10. The van der Waals surface area contributed by atoms with Gasteiger partial charge < -0.3 is 5.32 Å². The zero-order valence-electron chi connectivity index (χ0n) is 13.1. The lowest BCUT2D eigenvalue weighted by molar-refractivity contribution is 0.0947. The zero-order chi connectivity index (χ0) is 16.5. The summed E-state index contributed by atoms with van der Waals surface area (Å²) in [6, 6.07) is 16.3. The second kappa shape index (κ2) is 5.92. The van der Waals surface area contributed by atoms with E-state index in [1.165, 1.54) is 4.68 Å². The predicted octanol–water partition coefficient (Wildman–Crippen LogP) is 2.53. The molecule has 1 aromatic heterocycles. The smallest absolute Gasteiger partial charge is 0.279 e. The number of hydrogen-bond acceptors (Lipinski definition) is 3. The first-order valence-electron chi connectivity index (χ1n) is 8.10. The van der Waals surface area contributed by atoms with Crippen molar-refractivity contribution in [3.05, 3.63) is 70.6 Å². The van der Waals surface area contributed by atoms with E-state index in [1.807, 2.05) is 24.3 Å². The van der Waals surface area contributed by atoms with E-state index in [0.717, 1.165) is 12.8 Å². The van der Waals surface area contributed by atoms with Gasteiger partial charge in [-0.1, -0.05) is 36.4 Å². The van der Waals surface area contributed by atoms with Crippen LogP contribution in [0.3, 0.4) is 0 Å². The predicted molar refractivity (Wildman–Crippen MR) is 92.4 cm³/mol. The number of aromatic nitrogens is 2. The molecule has 120 valence electrons. The first kappa shape index (κ1) is 14.6. The van der Waals surface area contributed by atoms with Gasteiger partial charge in [-0.2, -0.15) is 9.78 Å². The van der Waals surface area contributed by atoms with Gasteiger partial charge in [0.2, 0.25) is 0 Å². The molecule has 1 N–H and O–H groups in total. The standard InChI is InChI=1S/C19H17N3O2/c23-18(20-12-13-10-11-13)17-15-8-4-5-9-16(15)19(24)22(21-17)14-6-2-1-3-7-14/h1-9,13H,10-12H2,(H,20,23). The first-order valence-corrected chi connectivity index (χ1v) is 8.10. The summed E-state index contributed by atoms with van der Waals surface area (Å²) in [7, 11) is 0. The molecule has 1 aliphatic carbocycles. The summed E-state index contributed by atoms with van der Waals surface area (Å²) in [6.07, 6.45) is 2.33. The third-order valence-corrected chi connectivity index (χ3v) is 4.27. The van der Waals surface area contributed by atoms with Gasteiger partial charge in [-0.05, 0) is 37.0 Å². The molecule has 0 unspecified atom stereocenters. The number of carbonyl (C=O) groups is 1. The normalized spacial score (nSPS) is 13.8. The van der Waals surface area contributed by atoms with Gasteiger partial charge in [0.15, 0.2) is 5.69 Å². The lowest BCUT2D eigenvalue weighted by atomic mass is 10.1. The molecule has 1 saturated carbocycles. The van der Waals surface area contributed by atoms with Crippen molar-refractivity contribution < 1.29 is 4.79 Å². The summed E-state index contributed by atoms with van der Waals surface area (Å²) >= 11 is 0. The van der Waals surface area contributed by atoms with Gasteiger partial charge in [-0.25, -0.2) is 0 Å². The Labute approximate surface area is 138 Å². The number of nitrogens with one attached hydrogen (secondary N) is 1. The summed E-state index contributed by atoms with van der Waals surface area (Å²) in [5, 5.41) is 8.37. The van der Waals surface area contributed by atoms with Gasteiger partial charge in [0.25, 0.3) is 11.5 Å². The average Bonchev–Trinajstić information content (AvgIpc) is 3.45. The molecule has 5 heteroatoms. The summed E-state index contributed by atoms with van der Waals surface area (Å²) in [4.78, 5) is 25.3. The van der Waals surface area contributed by atoms with Crippen LogP contribution in [0, 0.1) is 5.92 Å². The third-order valence-electron chi connectivity index (χ3n) is 4.27. The molecular formula is C19H17N3O2. The molecule has 1 fully saturated rings. The molecule has 0 atom stereocenters. The number of nitrogens with zero attached hydrogens (tertiary/aromatic N) is 2. The Kier molecular flexibility index (Phi) is 3.61. The molecule has 0 saturated heterocycles. The summed E-state index contributed by atoms with van der Waals surface area (Å²) in [5.74, 6) is 0.350. The first-order chi connectivity index (χ1) is 11.7. The van der Waals surface area contributed by atoms with Crippen LogP contribution in [0.4, 0.5) is 0 Å². The van der Waals surface area contributed by atoms with Crippen molar-refractivity contribution >= 4 is 16.7 Å². The van der Waals surface area contributed by atoms with Gasteiger partial charge in [0.1, 0.15) is 0 Å². The summed E-state index contributed by atoms with van der Waals surface area (Å²) in [6.45, 7) is 0.666. The monoisotopic (exact) mass is 319 g/mol. The van der Waals surface area contributed by atoms with Crippen LogP contribution in [0.5, 0.6) is 0 Å². The van der Waals surface area contributed by atoms with E-state index in [0.29, 0.717) is 28.9 Å². The van der Waals surface area contributed by atoms with E-state index in [1.54, 1.807) is 30.3 Å². The fraction of sp³-hybridized carbons (Fsp3) is 0.211. The minimum atomic E-state index is -0.234. The lowest BCUT2D eigenvalue weighted by Gasteiger charge is -2.11. The molecular weight excluding hydrogens is 302 g/mol. The molecule has 4 rings (SSSR count). The molecule has 3 aromatic rings. The van der Waals surface area contributed by atoms with Crippen molar-refractivity contribution in [2.24, 2.45) is 5.92 Å². The van der Waals surface area contributed by atoms with Crippen molar-refractivity contribution in [2.45, 2.75) is 12.8 Å². The van der Waals surface area contributed by atoms with Gasteiger partial charge in [0.05, 0.1) is 11.1 Å². The Morgan fingerprint density at radius 1 is 1.04 bits per heavy atom. The van der Waals surface area contributed by atoms with E-state index < -0.39 is 0 Å². The van der Waals surface area contributed by atoms with Crippen LogP contribution in [-0.4, -0.2) is 22.2 Å². The minimum Gasteiger partial charge on any atom is -0.350 e.